The Kier molecular flexibility index (Phi) is 6.55. The van der Waals surface area contributed by atoms with E-state index in [-0.39, 0.29) is 11.9 Å². The van der Waals surface area contributed by atoms with Crippen molar-refractivity contribution in [2.24, 2.45) is 0 Å². The van der Waals surface area contributed by atoms with E-state index in [1.54, 1.807) is 25.4 Å². The third-order valence-electron chi connectivity index (χ3n) is 6.84. The molecule has 5 heterocycles. The highest BCUT2D eigenvalue weighted by molar-refractivity contribution is 6.32. The van der Waals surface area contributed by atoms with E-state index >= 15 is 0 Å². The van der Waals surface area contributed by atoms with Gasteiger partial charge >= 0.3 is 0 Å². The highest BCUT2D eigenvalue weighted by Crippen LogP contribution is 2.30. The normalized spacial score (nSPS) is 15.4. The van der Waals surface area contributed by atoms with E-state index < -0.39 is 0 Å². The lowest BCUT2D eigenvalue weighted by molar-refractivity contribution is 0.0708. The fourth-order valence-corrected chi connectivity index (χ4v) is 4.99. The van der Waals surface area contributed by atoms with E-state index in [1.165, 1.54) is 5.56 Å². The molecule has 0 saturated carbocycles. The van der Waals surface area contributed by atoms with Crippen LogP contribution < -0.4 is 16.0 Å². The molecule has 1 amide bonds. The first kappa shape index (κ1) is 24.2. The van der Waals surface area contributed by atoms with Crippen LogP contribution in [0.2, 0.25) is 5.02 Å². The van der Waals surface area contributed by atoms with Gasteiger partial charge in [-0.15, -0.1) is 0 Å². The summed E-state index contributed by atoms with van der Waals surface area (Å²) in [4.78, 5) is 27.8. The summed E-state index contributed by atoms with van der Waals surface area (Å²) in [5.74, 6) is 1.53. The topological polar surface area (TPSA) is 121 Å². The first-order valence-corrected chi connectivity index (χ1v) is 13.0. The molecule has 3 N–H and O–H groups in total. The van der Waals surface area contributed by atoms with Gasteiger partial charge in [0.2, 0.25) is 5.95 Å². The van der Waals surface area contributed by atoms with E-state index in [1.807, 2.05) is 17.2 Å². The maximum Gasteiger partial charge on any atom is 0.276 e. The number of likely N-dealkylation sites (tertiary alicyclic amines) is 1. The number of hydrogen-bond donors (Lipinski definition) is 3. The monoisotopic (exact) mass is 530 g/mol. The van der Waals surface area contributed by atoms with Gasteiger partial charge in [-0.3, -0.25) is 9.78 Å². The fourth-order valence-electron chi connectivity index (χ4n) is 4.85. The summed E-state index contributed by atoms with van der Waals surface area (Å²) in [6.07, 6.45) is 8.55. The van der Waals surface area contributed by atoms with Crippen molar-refractivity contribution < 1.29 is 9.32 Å². The number of nitrogens with one attached hydrogen (secondary N) is 3. The third kappa shape index (κ3) is 5.26. The van der Waals surface area contributed by atoms with Crippen LogP contribution in [0.4, 0.5) is 28.8 Å². The molecule has 10 nitrogen and oxygen atoms in total. The van der Waals surface area contributed by atoms with Crippen LogP contribution in [0.25, 0.3) is 0 Å². The van der Waals surface area contributed by atoms with Gasteiger partial charge in [0.25, 0.3) is 5.91 Å². The summed E-state index contributed by atoms with van der Waals surface area (Å²) in [7, 11) is 0. The second-order valence-electron chi connectivity index (χ2n) is 9.63. The molecule has 2 aliphatic heterocycles. The number of amides is 1. The molecule has 38 heavy (non-hydrogen) atoms. The number of aromatic nitrogens is 4. The molecular formula is C27H27ClN8O2. The molecule has 194 valence electrons. The Bertz CT molecular complexity index is 1480. The zero-order chi connectivity index (χ0) is 26.1. The van der Waals surface area contributed by atoms with Gasteiger partial charge in [0.15, 0.2) is 11.5 Å². The maximum atomic E-state index is 12.7. The predicted molar refractivity (Wildman–Crippen MR) is 145 cm³/mol. The second kappa shape index (κ2) is 10.3. The number of fused-ring (bicyclic) bond motifs is 6. The van der Waals surface area contributed by atoms with Crippen molar-refractivity contribution in [3.8, 4) is 0 Å². The molecule has 0 atom stereocenters. The number of benzene rings is 1. The van der Waals surface area contributed by atoms with Crippen molar-refractivity contribution in [3.05, 3.63) is 76.5 Å². The van der Waals surface area contributed by atoms with E-state index in [2.05, 4.69) is 54.3 Å². The molecule has 1 saturated heterocycles. The molecule has 4 aromatic rings. The molecule has 6 bridgehead atoms. The van der Waals surface area contributed by atoms with E-state index in [0.29, 0.717) is 41.3 Å². The van der Waals surface area contributed by atoms with Gasteiger partial charge < -0.3 is 25.4 Å². The standard InChI is InChI=1S/C27H27ClN8O2/c1-16-10-24(35-38-16)26(37)36-8-6-19(7-9-36)31-23-5-4-20-12-18(23)3-2-17-11-21(14-29-13-17)33-27-30-15-22(28)25(32-20)34-27/h4-5,10-15,19,31H,2-3,6-9H2,1H3,(H2,30,32,33,34). The van der Waals surface area contributed by atoms with Crippen LogP contribution >= 0.6 is 11.6 Å². The summed E-state index contributed by atoms with van der Waals surface area (Å²) >= 11 is 6.39. The van der Waals surface area contributed by atoms with Gasteiger partial charge in [0.05, 0.1) is 18.1 Å². The second-order valence-corrected chi connectivity index (χ2v) is 10.0. The van der Waals surface area contributed by atoms with Crippen LogP contribution in [-0.4, -0.2) is 50.0 Å². The highest BCUT2D eigenvalue weighted by Gasteiger charge is 2.26. The molecule has 0 radical (unpaired) electrons. The molecule has 0 aliphatic carbocycles. The number of rotatable bonds is 3. The van der Waals surface area contributed by atoms with Crippen molar-refractivity contribution in [2.45, 2.75) is 38.6 Å². The molecule has 1 fully saturated rings. The molecule has 0 spiro atoms. The first-order valence-electron chi connectivity index (χ1n) is 12.6. The number of carbonyl (C=O) groups is 1. The molecule has 2 aliphatic rings. The number of hydrogen-bond acceptors (Lipinski definition) is 9. The Labute approximate surface area is 224 Å². The van der Waals surface area contributed by atoms with Gasteiger partial charge in [-0.25, -0.2) is 4.98 Å². The first-order chi connectivity index (χ1) is 18.5. The van der Waals surface area contributed by atoms with Gasteiger partial charge in [-0.2, -0.15) is 4.98 Å². The van der Waals surface area contributed by atoms with Gasteiger partial charge in [0, 0.05) is 42.8 Å². The quantitative estimate of drug-likeness (QED) is 0.331. The van der Waals surface area contributed by atoms with Crippen LogP contribution in [0.15, 0.2) is 53.4 Å². The van der Waals surface area contributed by atoms with Crippen LogP contribution in [0.1, 0.15) is 40.2 Å². The highest BCUT2D eigenvalue weighted by atomic mass is 35.5. The number of piperidine rings is 1. The number of anilines is 5. The summed E-state index contributed by atoms with van der Waals surface area (Å²) in [6, 6.07) is 10.3. The minimum Gasteiger partial charge on any atom is -0.382 e. The summed E-state index contributed by atoms with van der Waals surface area (Å²) in [5, 5.41) is 14.6. The minimum atomic E-state index is -0.0781. The zero-order valence-electron chi connectivity index (χ0n) is 20.9. The molecule has 0 unspecified atom stereocenters. The number of aryl methyl sites for hydroxylation is 3. The average molecular weight is 531 g/mol. The van der Waals surface area contributed by atoms with Crippen LogP contribution in [0, 0.1) is 6.92 Å². The van der Waals surface area contributed by atoms with Crippen LogP contribution in [0.3, 0.4) is 0 Å². The largest absolute Gasteiger partial charge is 0.382 e. The Morgan fingerprint density at radius 3 is 2.76 bits per heavy atom. The summed E-state index contributed by atoms with van der Waals surface area (Å²) in [6.45, 7) is 3.12. The fraction of sp³-hybridized carbons (Fsp3) is 0.296. The van der Waals surface area contributed by atoms with E-state index in [9.17, 15) is 4.79 Å². The lowest BCUT2D eigenvalue weighted by Crippen LogP contribution is -2.42. The lowest BCUT2D eigenvalue weighted by atomic mass is 10.00. The molecule has 11 heteroatoms. The molecule has 1 aromatic carbocycles. The van der Waals surface area contributed by atoms with E-state index in [0.717, 1.165) is 48.3 Å². The predicted octanol–water partition coefficient (Wildman–Crippen LogP) is 5.12. The van der Waals surface area contributed by atoms with Crippen molar-refractivity contribution in [1.82, 2.24) is 25.0 Å². The third-order valence-corrected chi connectivity index (χ3v) is 7.11. The molecular weight excluding hydrogens is 504 g/mol. The summed E-state index contributed by atoms with van der Waals surface area (Å²) < 4.78 is 5.07. The molecule has 3 aromatic heterocycles. The van der Waals surface area contributed by atoms with Crippen molar-refractivity contribution in [2.75, 3.05) is 29.0 Å². The Balaban J connectivity index is 1.21. The van der Waals surface area contributed by atoms with Gasteiger partial charge in [0.1, 0.15) is 10.8 Å². The van der Waals surface area contributed by atoms with Crippen LogP contribution in [0.5, 0.6) is 0 Å². The Hall–Kier alpha value is -4.18. The SMILES string of the molecule is Cc1cc(C(=O)N2CCC(Nc3ccc4cc3CCc3cncc(c3)Nc3ncc(Cl)c(n3)N4)CC2)no1. The van der Waals surface area contributed by atoms with Crippen molar-refractivity contribution in [1.29, 1.82) is 0 Å². The van der Waals surface area contributed by atoms with E-state index in [4.69, 9.17) is 16.1 Å². The van der Waals surface area contributed by atoms with Crippen molar-refractivity contribution in [3.63, 3.8) is 0 Å². The maximum absolute atomic E-state index is 12.7. The number of carbonyl (C=O) groups excluding carboxylic acids is 1. The number of halogens is 1. The van der Waals surface area contributed by atoms with Gasteiger partial charge in [-0.05, 0) is 68.0 Å². The van der Waals surface area contributed by atoms with Crippen molar-refractivity contribution >= 4 is 46.3 Å². The van der Waals surface area contributed by atoms with Crippen LogP contribution in [-0.2, 0) is 12.8 Å². The molecule has 6 rings (SSSR count). The average Bonchev–Trinajstić information content (AvgIpc) is 3.36. The number of pyridine rings is 1. The minimum absolute atomic E-state index is 0.0781. The Morgan fingerprint density at radius 1 is 1.08 bits per heavy atom. The Morgan fingerprint density at radius 2 is 1.95 bits per heavy atom. The zero-order valence-corrected chi connectivity index (χ0v) is 21.6. The lowest BCUT2D eigenvalue weighted by Gasteiger charge is -2.33. The smallest absolute Gasteiger partial charge is 0.276 e. The van der Waals surface area contributed by atoms with Gasteiger partial charge in [-0.1, -0.05) is 16.8 Å². The summed E-state index contributed by atoms with van der Waals surface area (Å²) in [5.41, 5.74) is 5.45. The number of nitrogens with zero attached hydrogens (tertiary/aromatic N) is 5.